The first-order chi connectivity index (χ1) is 22.7. The summed E-state index contributed by atoms with van der Waals surface area (Å²) >= 11 is 0. The molecule has 1 aliphatic rings. The van der Waals surface area contributed by atoms with Crippen LogP contribution in [0.1, 0.15) is 28.7 Å². The zero-order chi connectivity index (χ0) is 32.0. The molecule has 0 aromatic heterocycles. The van der Waals surface area contributed by atoms with Crippen LogP contribution >= 0.6 is 0 Å². The van der Waals surface area contributed by atoms with Crippen LogP contribution in [0, 0.1) is 0 Å². The molecule has 5 rings (SSSR count). The maximum absolute atomic E-state index is 7.22. The summed E-state index contributed by atoms with van der Waals surface area (Å²) in [6, 6.07) is 41.1. The summed E-state index contributed by atoms with van der Waals surface area (Å²) < 4.78 is 33.6. The Morgan fingerprint density at radius 1 is 0.543 bits per heavy atom. The minimum absolute atomic E-state index is 0.216. The van der Waals surface area contributed by atoms with Crippen molar-refractivity contribution in [3.05, 3.63) is 182 Å². The van der Waals surface area contributed by atoms with E-state index in [0.29, 0.717) is 26.2 Å². The second-order valence-corrected chi connectivity index (χ2v) is 11.3. The number of hydrogen-bond acceptors (Lipinski definition) is 5. The summed E-state index contributed by atoms with van der Waals surface area (Å²) in [5.41, 5.74) is 3.18. The maximum atomic E-state index is 7.22. The van der Waals surface area contributed by atoms with Crippen LogP contribution in [0.25, 0.3) is 0 Å². The third kappa shape index (κ3) is 7.81. The van der Waals surface area contributed by atoms with E-state index >= 15 is 0 Å². The van der Waals surface area contributed by atoms with E-state index in [1.165, 1.54) is 0 Å². The van der Waals surface area contributed by atoms with E-state index in [0.717, 1.165) is 22.3 Å². The summed E-state index contributed by atoms with van der Waals surface area (Å²) in [6.07, 6.45) is 3.66. The highest BCUT2D eigenvalue weighted by Gasteiger charge is 2.49. The Balaban J connectivity index is 1.55. The van der Waals surface area contributed by atoms with Crippen LogP contribution < -0.4 is 0 Å². The normalized spacial score (nSPS) is 21.3. The quantitative estimate of drug-likeness (QED) is 0.0887. The van der Waals surface area contributed by atoms with Crippen LogP contribution in [0.4, 0.5) is 0 Å². The number of ether oxygens (including phenoxy) is 5. The van der Waals surface area contributed by atoms with E-state index < -0.39 is 30.0 Å². The van der Waals surface area contributed by atoms with Gasteiger partial charge in [0.15, 0.2) is 0 Å². The highest BCUT2D eigenvalue weighted by molar-refractivity contribution is 5.47. The number of rotatable bonds is 17. The van der Waals surface area contributed by atoms with Gasteiger partial charge in [-0.2, -0.15) is 0 Å². The van der Waals surface area contributed by atoms with Gasteiger partial charge in [-0.3, -0.25) is 0 Å². The van der Waals surface area contributed by atoms with Gasteiger partial charge in [0.1, 0.15) is 30.0 Å². The van der Waals surface area contributed by atoms with Crippen LogP contribution in [0.5, 0.6) is 0 Å². The summed E-state index contributed by atoms with van der Waals surface area (Å²) in [7, 11) is 0. The molecule has 0 aliphatic carbocycles. The van der Waals surface area contributed by atoms with Crippen LogP contribution in [0.15, 0.2) is 159 Å². The lowest BCUT2D eigenvalue weighted by molar-refractivity contribution is -0.267. The fourth-order valence-corrected chi connectivity index (χ4v) is 6.17. The average Bonchev–Trinajstić information content (AvgIpc) is 3.12. The molecule has 4 aromatic carbocycles. The maximum Gasteiger partial charge on any atom is 0.143 e. The molecule has 0 unspecified atom stereocenters. The first-order valence-corrected chi connectivity index (χ1v) is 15.9. The van der Waals surface area contributed by atoms with Crippen LogP contribution in [0.3, 0.4) is 0 Å². The third-order valence-electron chi connectivity index (χ3n) is 8.23. The second-order valence-electron chi connectivity index (χ2n) is 11.3. The van der Waals surface area contributed by atoms with Crippen LogP contribution in [0.2, 0.25) is 0 Å². The van der Waals surface area contributed by atoms with Gasteiger partial charge in [0.25, 0.3) is 0 Å². The molecule has 5 heteroatoms. The van der Waals surface area contributed by atoms with Crippen molar-refractivity contribution in [2.75, 3.05) is 19.8 Å². The van der Waals surface area contributed by atoms with Crippen molar-refractivity contribution in [3.8, 4) is 0 Å². The summed E-state index contributed by atoms with van der Waals surface area (Å²) in [4.78, 5) is 0. The fraction of sp³-hybridized carbons (Fsp3) is 0.268. The van der Waals surface area contributed by atoms with E-state index in [1.807, 2.05) is 91.0 Å². The lowest BCUT2D eigenvalue weighted by Gasteiger charge is -2.47. The molecule has 1 aliphatic heterocycles. The van der Waals surface area contributed by atoms with Gasteiger partial charge < -0.3 is 23.7 Å². The summed E-state index contributed by atoms with van der Waals surface area (Å²) in [5.74, 6) is 0. The lowest BCUT2D eigenvalue weighted by Crippen LogP contribution is -2.61. The van der Waals surface area contributed by atoms with Crippen LogP contribution in [-0.4, -0.2) is 50.3 Å². The molecular weight excluding hydrogens is 572 g/mol. The molecule has 4 aromatic rings. The molecule has 0 amide bonds. The van der Waals surface area contributed by atoms with Gasteiger partial charge in [0.2, 0.25) is 0 Å². The minimum Gasteiger partial charge on any atom is -0.369 e. The number of benzene rings is 4. The second kappa shape index (κ2) is 17.0. The van der Waals surface area contributed by atoms with Crippen molar-refractivity contribution in [3.63, 3.8) is 0 Å². The van der Waals surface area contributed by atoms with Gasteiger partial charge in [-0.05, 0) is 28.7 Å². The van der Waals surface area contributed by atoms with Crippen molar-refractivity contribution >= 4 is 0 Å². The van der Waals surface area contributed by atoms with Gasteiger partial charge >= 0.3 is 0 Å². The van der Waals surface area contributed by atoms with Gasteiger partial charge in [-0.1, -0.05) is 140 Å². The van der Waals surface area contributed by atoms with Gasteiger partial charge in [0, 0.05) is 0 Å². The van der Waals surface area contributed by atoms with Gasteiger partial charge in [0.05, 0.1) is 32.5 Å². The van der Waals surface area contributed by atoms with Crippen molar-refractivity contribution < 1.29 is 23.7 Å². The summed E-state index contributed by atoms with van der Waals surface area (Å²) in [6.45, 7) is 13.1. The molecule has 1 saturated heterocycles. The summed E-state index contributed by atoms with van der Waals surface area (Å²) in [5, 5.41) is 0. The van der Waals surface area contributed by atoms with E-state index in [-0.39, 0.29) is 12.7 Å². The predicted molar refractivity (Wildman–Crippen MR) is 184 cm³/mol. The molecular formula is C41H44O5. The zero-order valence-corrected chi connectivity index (χ0v) is 26.4. The zero-order valence-electron chi connectivity index (χ0n) is 26.4. The monoisotopic (exact) mass is 616 g/mol. The largest absolute Gasteiger partial charge is 0.369 e. The number of hydrogen-bond donors (Lipinski definition) is 0. The SMILES string of the molecule is C=CCO[C@@H]1[C@@H](OCc2ccccc2)[C@H](OCC=C)[C@@H](COC(c2ccccc2)(c2ccccc2)c2ccccc2)O[C@H]1CC=C. The smallest absolute Gasteiger partial charge is 0.143 e. The Morgan fingerprint density at radius 3 is 1.46 bits per heavy atom. The molecule has 238 valence electrons. The Morgan fingerprint density at radius 2 is 1.00 bits per heavy atom. The van der Waals surface area contributed by atoms with Gasteiger partial charge in [-0.25, -0.2) is 0 Å². The highest BCUT2D eigenvalue weighted by Crippen LogP contribution is 2.41. The van der Waals surface area contributed by atoms with Crippen molar-refractivity contribution in [1.82, 2.24) is 0 Å². The topological polar surface area (TPSA) is 46.2 Å². The Bertz CT molecular complexity index is 1380. The first-order valence-electron chi connectivity index (χ1n) is 15.9. The molecule has 1 fully saturated rings. The third-order valence-corrected chi connectivity index (χ3v) is 8.23. The molecule has 5 atom stereocenters. The Labute approximate surface area is 273 Å². The van der Waals surface area contributed by atoms with E-state index in [4.69, 9.17) is 23.7 Å². The fourth-order valence-electron chi connectivity index (χ4n) is 6.17. The highest BCUT2D eigenvalue weighted by atomic mass is 16.6. The minimum atomic E-state index is -0.916. The molecule has 0 spiro atoms. The first kappa shape index (κ1) is 33.3. The molecule has 46 heavy (non-hydrogen) atoms. The average molecular weight is 617 g/mol. The molecule has 0 bridgehead atoms. The van der Waals surface area contributed by atoms with E-state index in [1.54, 1.807) is 12.2 Å². The molecule has 0 N–H and O–H groups in total. The Hall–Kier alpha value is -4.10. The lowest BCUT2D eigenvalue weighted by atomic mass is 9.80. The molecule has 0 saturated carbocycles. The molecule has 0 radical (unpaired) electrons. The van der Waals surface area contributed by atoms with E-state index in [2.05, 4.69) is 56.1 Å². The molecule has 5 nitrogen and oxygen atoms in total. The van der Waals surface area contributed by atoms with Crippen molar-refractivity contribution in [2.24, 2.45) is 0 Å². The molecule has 1 heterocycles. The standard InChI is InChI=1S/C41H44O5/c1-4-19-36-38(42-28-5-2)40(44-30-32-20-11-7-12-21-32)39(43-29-6-3)37(46-36)31-45-41(33-22-13-8-14-23-33,34-24-15-9-16-25-34)35-26-17-10-18-27-35/h4-18,20-27,36-40H,1-3,19,28-31H2/t36-,37+,38-,39+,40+/m0/s1. The van der Waals surface area contributed by atoms with E-state index in [9.17, 15) is 0 Å². The predicted octanol–water partition coefficient (Wildman–Crippen LogP) is 8.07. The van der Waals surface area contributed by atoms with Crippen molar-refractivity contribution in [1.29, 1.82) is 0 Å². The van der Waals surface area contributed by atoms with Crippen molar-refractivity contribution in [2.45, 2.75) is 49.1 Å². The van der Waals surface area contributed by atoms with Crippen LogP contribution in [-0.2, 0) is 35.9 Å². The Kier molecular flexibility index (Phi) is 12.3. The van der Waals surface area contributed by atoms with Gasteiger partial charge in [-0.15, -0.1) is 19.7 Å².